The number of aromatic hydroxyl groups is 1. The summed E-state index contributed by atoms with van der Waals surface area (Å²) in [5.41, 5.74) is 0.239. The summed E-state index contributed by atoms with van der Waals surface area (Å²) in [6.45, 7) is 0.394. The van der Waals surface area contributed by atoms with Crippen molar-refractivity contribution in [3.63, 3.8) is 0 Å². The summed E-state index contributed by atoms with van der Waals surface area (Å²) in [4.78, 5) is 27.0. The van der Waals surface area contributed by atoms with Gasteiger partial charge < -0.3 is 23.8 Å². The van der Waals surface area contributed by atoms with Crippen molar-refractivity contribution in [1.29, 1.82) is 0 Å². The highest BCUT2D eigenvalue weighted by atomic mass is 16.9. The highest BCUT2D eigenvalue weighted by molar-refractivity contribution is 5.94. The topological polar surface area (TPSA) is 121 Å². The second-order valence-electron chi connectivity index (χ2n) is 6.07. The van der Waals surface area contributed by atoms with Crippen LogP contribution in [0.3, 0.4) is 0 Å². The van der Waals surface area contributed by atoms with Crippen LogP contribution in [0.4, 0.5) is 0 Å². The van der Waals surface area contributed by atoms with Crippen molar-refractivity contribution < 1.29 is 28.9 Å². The van der Waals surface area contributed by atoms with Gasteiger partial charge >= 0.3 is 0 Å². The van der Waals surface area contributed by atoms with Crippen LogP contribution in [-0.2, 0) is 4.84 Å². The van der Waals surface area contributed by atoms with Crippen molar-refractivity contribution in [1.82, 2.24) is 0 Å². The SMILES string of the molecule is COc1ccc2oc3cc(OCCCCCO[N+](=O)[O-])cc(O)c3c(=O)c2c1. The molecule has 9 heteroatoms. The van der Waals surface area contributed by atoms with Gasteiger partial charge in [-0.05, 0) is 37.5 Å². The van der Waals surface area contributed by atoms with Crippen LogP contribution in [0.1, 0.15) is 19.3 Å². The van der Waals surface area contributed by atoms with Gasteiger partial charge in [-0.2, -0.15) is 0 Å². The van der Waals surface area contributed by atoms with Crippen molar-refractivity contribution in [3.8, 4) is 17.2 Å². The minimum absolute atomic E-state index is 0.0484. The minimum Gasteiger partial charge on any atom is -0.507 e. The third kappa shape index (κ3) is 4.25. The maximum Gasteiger partial charge on any atom is 0.294 e. The number of fused-ring (bicyclic) bond motifs is 2. The second-order valence-corrected chi connectivity index (χ2v) is 6.07. The largest absolute Gasteiger partial charge is 0.507 e. The molecule has 0 amide bonds. The second kappa shape index (κ2) is 8.47. The van der Waals surface area contributed by atoms with Crippen LogP contribution in [0.25, 0.3) is 21.9 Å². The molecule has 0 radical (unpaired) electrons. The van der Waals surface area contributed by atoms with Gasteiger partial charge in [0, 0.05) is 12.1 Å². The predicted molar refractivity (Wildman–Crippen MR) is 100 cm³/mol. The van der Waals surface area contributed by atoms with Gasteiger partial charge in [0.2, 0.25) is 5.43 Å². The molecular formula is C19H19NO8. The first-order valence-electron chi connectivity index (χ1n) is 8.67. The zero-order chi connectivity index (χ0) is 20.1. The first-order chi connectivity index (χ1) is 13.5. The van der Waals surface area contributed by atoms with E-state index >= 15 is 0 Å². The molecule has 148 valence electrons. The molecule has 1 N–H and O–H groups in total. The van der Waals surface area contributed by atoms with E-state index in [1.54, 1.807) is 24.3 Å². The van der Waals surface area contributed by atoms with Crippen LogP contribution in [-0.4, -0.2) is 30.5 Å². The fourth-order valence-electron chi connectivity index (χ4n) is 2.83. The summed E-state index contributed by atoms with van der Waals surface area (Å²) in [5.74, 6) is 0.648. The Labute approximate surface area is 159 Å². The van der Waals surface area contributed by atoms with Gasteiger partial charge in [-0.1, -0.05) is 0 Å². The summed E-state index contributed by atoms with van der Waals surface area (Å²) in [6, 6.07) is 7.79. The summed E-state index contributed by atoms with van der Waals surface area (Å²) in [7, 11) is 1.50. The van der Waals surface area contributed by atoms with Crippen LogP contribution in [0.5, 0.6) is 17.2 Å². The lowest BCUT2D eigenvalue weighted by Crippen LogP contribution is -2.04. The Kier molecular flexibility index (Phi) is 5.83. The first-order valence-corrected chi connectivity index (χ1v) is 8.67. The molecule has 0 atom stereocenters. The van der Waals surface area contributed by atoms with Gasteiger partial charge in [0.1, 0.15) is 33.8 Å². The van der Waals surface area contributed by atoms with Crippen LogP contribution in [0, 0.1) is 10.1 Å². The number of nitrogens with zero attached hydrogens (tertiary/aromatic N) is 1. The summed E-state index contributed by atoms with van der Waals surface area (Å²) >= 11 is 0. The fourth-order valence-corrected chi connectivity index (χ4v) is 2.83. The van der Waals surface area contributed by atoms with Crippen molar-refractivity contribution in [2.24, 2.45) is 0 Å². The maximum atomic E-state index is 12.7. The average molecular weight is 389 g/mol. The Balaban J connectivity index is 1.74. The number of rotatable bonds is 9. The van der Waals surface area contributed by atoms with Crippen molar-refractivity contribution in [3.05, 3.63) is 50.7 Å². The summed E-state index contributed by atoms with van der Waals surface area (Å²) in [6.07, 6.45) is 1.88. The summed E-state index contributed by atoms with van der Waals surface area (Å²) < 4.78 is 16.5. The average Bonchev–Trinajstić information content (AvgIpc) is 2.66. The van der Waals surface area contributed by atoms with E-state index in [0.717, 1.165) is 0 Å². The minimum atomic E-state index is -0.818. The zero-order valence-electron chi connectivity index (χ0n) is 15.2. The van der Waals surface area contributed by atoms with Gasteiger partial charge in [0.15, 0.2) is 0 Å². The van der Waals surface area contributed by atoms with Crippen LogP contribution in [0.15, 0.2) is 39.5 Å². The molecule has 0 saturated heterocycles. The molecule has 1 aromatic heterocycles. The molecule has 0 fully saturated rings. The van der Waals surface area contributed by atoms with Crippen molar-refractivity contribution >= 4 is 21.9 Å². The zero-order valence-corrected chi connectivity index (χ0v) is 15.2. The highest BCUT2D eigenvalue weighted by Gasteiger charge is 2.14. The molecule has 0 aliphatic rings. The smallest absolute Gasteiger partial charge is 0.294 e. The van der Waals surface area contributed by atoms with E-state index in [-0.39, 0.29) is 28.8 Å². The molecule has 28 heavy (non-hydrogen) atoms. The molecule has 0 saturated carbocycles. The highest BCUT2D eigenvalue weighted by Crippen LogP contribution is 2.31. The Bertz CT molecular complexity index is 1060. The van der Waals surface area contributed by atoms with Gasteiger partial charge in [0.05, 0.1) is 25.7 Å². The fraction of sp³-hybridized carbons (Fsp3) is 0.316. The Morgan fingerprint density at radius 1 is 1.07 bits per heavy atom. The third-order valence-corrected chi connectivity index (χ3v) is 4.19. The Hall–Kier alpha value is -3.49. The normalized spacial score (nSPS) is 10.9. The van der Waals surface area contributed by atoms with E-state index in [4.69, 9.17) is 13.9 Å². The van der Waals surface area contributed by atoms with Gasteiger partial charge in [-0.25, -0.2) is 0 Å². The van der Waals surface area contributed by atoms with Crippen LogP contribution in [0.2, 0.25) is 0 Å². The lowest BCUT2D eigenvalue weighted by molar-refractivity contribution is -0.757. The Morgan fingerprint density at radius 2 is 1.86 bits per heavy atom. The van der Waals surface area contributed by atoms with Crippen LogP contribution >= 0.6 is 0 Å². The number of phenolic OH excluding ortho intramolecular Hbond substituents is 1. The van der Waals surface area contributed by atoms with E-state index in [1.807, 2.05) is 0 Å². The van der Waals surface area contributed by atoms with E-state index in [1.165, 1.54) is 13.2 Å². The molecule has 0 bridgehead atoms. The molecule has 3 rings (SSSR count). The number of unbranched alkanes of at least 4 members (excludes halogenated alkanes) is 2. The number of phenols is 1. The third-order valence-electron chi connectivity index (χ3n) is 4.19. The van der Waals surface area contributed by atoms with Gasteiger partial charge in [0.25, 0.3) is 5.09 Å². The Morgan fingerprint density at radius 3 is 2.61 bits per heavy atom. The molecule has 1 heterocycles. The monoisotopic (exact) mass is 389 g/mol. The predicted octanol–water partition coefficient (Wildman–Crippen LogP) is 3.42. The number of ether oxygens (including phenoxy) is 2. The van der Waals surface area contributed by atoms with E-state index in [2.05, 4.69) is 4.84 Å². The lowest BCUT2D eigenvalue weighted by Gasteiger charge is -2.09. The molecule has 0 aliphatic heterocycles. The standard InChI is InChI=1S/C19H19NO8/c1-25-12-5-6-16-14(9-12)19(22)18-15(21)10-13(11-17(18)28-16)26-7-3-2-4-8-27-20(23)24/h5-6,9-11,21H,2-4,7-8H2,1H3. The number of hydrogen-bond acceptors (Lipinski definition) is 8. The molecular weight excluding hydrogens is 370 g/mol. The lowest BCUT2D eigenvalue weighted by atomic mass is 10.1. The van der Waals surface area contributed by atoms with Gasteiger partial charge in [-0.15, -0.1) is 10.1 Å². The molecule has 2 aromatic carbocycles. The molecule has 0 unspecified atom stereocenters. The molecule has 0 spiro atoms. The van der Waals surface area contributed by atoms with E-state index < -0.39 is 5.09 Å². The summed E-state index contributed by atoms with van der Waals surface area (Å²) in [5, 5.41) is 19.9. The molecule has 0 aliphatic carbocycles. The number of hydrogen-bond donors (Lipinski definition) is 1. The van der Waals surface area contributed by atoms with E-state index in [0.29, 0.717) is 48.3 Å². The maximum absolute atomic E-state index is 12.7. The molecule has 3 aromatic rings. The van der Waals surface area contributed by atoms with Crippen molar-refractivity contribution in [2.45, 2.75) is 19.3 Å². The van der Waals surface area contributed by atoms with Gasteiger partial charge in [-0.3, -0.25) is 4.79 Å². The van der Waals surface area contributed by atoms with E-state index in [9.17, 15) is 20.0 Å². The first kappa shape index (κ1) is 19.3. The van der Waals surface area contributed by atoms with Crippen LogP contribution < -0.4 is 14.9 Å². The quantitative estimate of drug-likeness (QED) is 0.256. The number of benzene rings is 2. The number of methoxy groups -OCH3 is 1. The van der Waals surface area contributed by atoms with Crippen molar-refractivity contribution in [2.75, 3.05) is 20.3 Å². The molecule has 9 nitrogen and oxygen atoms in total.